The van der Waals surface area contributed by atoms with E-state index in [0.717, 1.165) is 0 Å². The van der Waals surface area contributed by atoms with Crippen molar-refractivity contribution >= 4 is 23.3 Å². The number of halogens is 1. The maximum Gasteiger partial charge on any atom is 0.246 e. The van der Waals surface area contributed by atoms with E-state index in [1.165, 1.54) is 6.92 Å². The Morgan fingerprint density at radius 1 is 1.33 bits per heavy atom. The molecule has 0 heterocycles. The SMILES string of the molecule is CC(=O)C(Cl)C(=O)NC(C)(C)C. The minimum atomic E-state index is -1.07. The van der Waals surface area contributed by atoms with E-state index in [2.05, 4.69) is 5.32 Å². The highest BCUT2D eigenvalue weighted by Crippen LogP contribution is 2.03. The molecule has 1 N–H and O–H groups in total. The quantitative estimate of drug-likeness (QED) is 0.525. The fourth-order valence-electron chi connectivity index (χ4n) is 0.618. The summed E-state index contributed by atoms with van der Waals surface area (Å²) in [5, 5.41) is 1.54. The summed E-state index contributed by atoms with van der Waals surface area (Å²) in [5.41, 5.74) is -0.348. The third-order valence-electron chi connectivity index (χ3n) is 1.09. The minimum Gasteiger partial charge on any atom is -0.350 e. The average molecular weight is 192 g/mol. The average Bonchev–Trinajstić information content (AvgIpc) is 1.82. The molecule has 0 aliphatic carbocycles. The van der Waals surface area contributed by atoms with Gasteiger partial charge in [-0.1, -0.05) is 0 Å². The van der Waals surface area contributed by atoms with E-state index >= 15 is 0 Å². The lowest BCUT2D eigenvalue weighted by atomic mass is 10.1. The molecule has 12 heavy (non-hydrogen) atoms. The minimum absolute atomic E-state index is 0.335. The summed E-state index contributed by atoms with van der Waals surface area (Å²) in [7, 11) is 0. The van der Waals surface area contributed by atoms with E-state index in [-0.39, 0.29) is 11.3 Å². The zero-order chi connectivity index (χ0) is 9.94. The molecule has 3 nitrogen and oxygen atoms in total. The van der Waals surface area contributed by atoms with E-state index in [1.807, 2.05) is 20.8 Å². The molecule has 1 unspecified atom stereocenters. The van der Waals surface area contributed by atoms with Gasteiger partial charge in [0, 0.05) is 5.54 Å². The Balaban J connectivity index is 4.15. The number of nitrogens with one attached hydrogen (secondary N) is 1. The molecule has 0 rings (SSSR count). The van der Waals surface area contributed by atoms with E-state index in [0.29, 0.717) is 0 Å². The van der Waals surface area contributed by atoms with Gasteiger partial charge in [-0.2, -0.15) is 0 Å². The van der Waals surface area contributed by atoms with Crippen molar-refractivity contribution in [3.63, 3.8) is 0 Å². The summed E-state index contributed by atoms with van der Waals surface area (Å²) < 4.78 is 0. The number of hydrogen-bond donors (Lipinski definition) is 1. The van der Waals surface area contributed by atoms with Gasteiger partial charge in [-0.05, 0) is 27.7 Å². The Bertz CT molecular complexity index is 196. The second-order valence-corrected chi connectivity index (χ2v) is 4.15. The molecule has 0 aliphatic rings. The van der Waals surface area contributed by atoms with Gasteiger partial charge in [-0.3, -0.25) is 9.59 Å². The number of rotatable bonds is 2. The maximum absolute atomic E-state index is 11.1. The van der Waals surface area contributed by atoms with Gasteiger partial charge in [0.25, 0.3) is 0 Å². The number of Topliss-reactive ketones (excluding diaryl/α,β-unsaturated/α-hetero) is 1. The molecule has 0 bridgehead atoms. The summed E-state index contributed by atoms with van der Waals surface area (Å²) in [4.78, 5) is 21.8. The molecule has 0 aromatic carbocycles. The van der Waals surface area contributed by atoms with Crippen molar-refractivity contribution in [3.8, 4) is 0 Å². The van der Waals surface area contributed by atoms with Crippen molar-refractivity contribution in [2.24, 2.45) is 0 Å². The number of alkyl halides is 1. The highest BCUT2D eigenvalue weighted by Gasteiger charge is 2.23. The lowest BCUT2D eigenvalue weighted by Crippen LogP contribution is -2.46. The van der Waals surface area contributed by atoms with Gasteiger partial charge in [0.05, 0.1) is 0 Å². The first kappa shape index (κ1) is 11.4. The number of carbonyl (C=O) groups is 2. The molecule has 0 saturated heterocycles. The molecule has 4 heteroatoms. The summed E-state index contributed by atoms with van der Waals surface area (Å²) in [6.07, 6.45) is 0. The lowest BCUT2D eigenvalue weighted by Gasteiger charge is -2.21. The van der Waals surface area contributed by atoms with Crippen molar-refractivity contribution < 1.29 is 9.59 Å². The van der Waals surface area contributed by atoms with Crippen molar-refractivity contribution in [2.75, 3.05) is 0 Å². The molecule has 0 aliphatic heterocycles. The van der Waals surface area contributed by atoms with Crippen LogP contribution in [0.2, 0.25) is 0 Å². The Morgan fingerprint density at radius 3 is 2.00 bits per heavy atom. The largest absolute Gasteiger partial charge is 0.350 e. The van der Waals surface area contributed by atoms with Gasteiger partial charge in [0.15, 0.2) is 11.2 Å². The van der Waals surface area contributed by atoms with Crippen LogP contribution >= 0.6 is 11.6 Å². The van der Waals surface area contributed by atoms with Crippen LogP contribution in [0, 0.1) is 0 Å². The summed E-state index contributed by atoms with van der Waals surface area (Å²) in [6.45, 7) is 6.78. The number of ketones is 1. The number of carbonyl (C=O) groups excluding carboxylic acids is 2. The van der Waals surface area contributed by atoms with Crippen molar-refractivity contribution in [2.45, 2.75) is 38.6 Å². The van der Waals surface area contributed by atoms with Crippen LogP contribution in [0.25, 0.3) is 0 Å². The zero-order valence-corrected chi connectivity index (χ0v) is 8.53. The first-order chi connectivity index (χ1) is 5.24. The first-order valence-corrected chi connectivity index (χ1v) is 4.14. The lowest BCUT2D eigenvalue weighted by molar-refractivity contribution is -0.127. The highest BCUT2D eigenvalue weighted by atomic mass is 35.5. The Hall–Kier alpha value is -0.570. The molecule has 0 radical (unpaired) electrons. The van der Waals surface area contributed by atoms with Crippen LogP contribution in [0.15, 0.2) is 0 Å². The van der Waals surface area contributed by atoms with Crippen LogP contribution in [0.5, 0.6) is 0 Å². The van der Waals surface area contributed by atoms with Crippen molar-refractivity contribution in [3.05, 3.63) is 0 Å². The van der Waals surface area contributed by atoms with Crippen molar-refractivity contribution in [1.82, 2.24) is 5.32 Å². The second kappa shape index (κ2) is 3.90. The molecule has 0 saturated carbocycles. The van der Waals surface area contributed by atoms with Crippen LogP contribution in [0.3, 0.4) is 0 Å². The Labute approximate surface area is 77.5 Å². The van der Waals surface area contributed by atoms with Gasteiger partial charge in [-0.25, -0.2) is 0 Å². The summed E-state index contributed by atoms with van der Waals surface area (Å²) >= 11 is 5.51. The molecule has 0 spiro atoms. The van der Waals surface area contributed by atoms with E-state index in [4.69, 9.17) is 11.6 Å². The van der Waals surface area contributed by atoms with E-state index in [9.17, 15) is 9.59 Å². The van der Waals surface area contributed by atoms with Crippen LogP contribution in [-0.2, 0) is 9.59 Å². The van der Waals surface area contributed by atoms with Crippen LogP contribution < -0.4 is 5.32 Å². The third-order valence-corrected chi connectivity index (χ3v) is 1.59. The second-order valence-electron chi connectivity index (χ2n) is 3.71. The predicted molar refractivity (Wildman–Crippen MR) is 48.2 cm³/mol. The monoisotopic (exact) mass is 191 g/mol. The Kier molecular flexibility index (Phi) is 3.71. The zero-order valence-electron chi connectivity index (χ0n) is 7.77. The molecule has 1 atom stereocenters. The van der Waals surface area contributed by atoms with E-state index < -0.39 is 11.3 Å². The topological polar surface area (TPSA) is 46.2 Å². The van der Waals surface area contributed by atoms with Gasteiger partial charge in [-0.15, -0.1) is 11.6 Å². The predicted octanol–water partition coefficient (Wildman–Crippen LogP) is 1.10. The Morgan fingerprint density at radius 2 is 1.75 bits per heavy atom. The molecular weight excluding hydrogens is 178 g/mol. The molecular formula is C8H14ClNO2. The van der Waals surface area contributed by atoms with Gasteiger partial charge >= 0.3 is 0 Å². The molecule has 0 aromatic rings. The van der Waals surface area contributed by atoms with Crippen LogP contribution in [-0.4, -0.2) is 22.6 Å². The molecule has 0 fully saturated rings. The van der Waals surface area contributed by atoms with Gasteiger partial charge < -0.3 is 5.32 Å². The fraction of sp³-hybridized carbons (Fsp3) is 0.750. The standard InChI is InChI=1S/C8H14ClNO2/c1-5(11)6(9)7(12)10-8(2,3)4/h6H,1-4H3,(H,10,12). The van der Waals surface area contributed by atoms with E-state index in [1.54, 1.807) is 0 Å². The van der Waals surface area contributed by atoms with Crippen molar-refractivity contribution in [1.29, 1.82) is 0 Å². The first-order valence-electron chi connectivity index (χ1n) is 3.70. The third kappa shape index (κ3) is 4.34. The summed E-state index contributed by atoms with van der Waals surface area (Å²) in [6, 6.07) is 0. The molecule has 0 aromatic heterocycles. The molecule has 70 valence electrons. The van der Waals surface area contributed by atoms with Gasteiger partial charge in [0.1, 0.15) is 0 Å². The highest BCUT2D eigenvalue weighted by molar-refractivity contribution is 6.41. The number of amides is 1. The summed E-state index contributed by atoms with van der Waals surface area (Å²) in [5.74, 6) is -0.768. The molecule has 1 amide bonds. The van der Waals surface area contributed by atoms with Gasteiger partial charge in [0.2, 0.25) is 5.91 Å². The van der Waals surface area contributed by atoms with Crippen LogP contribution in [0.4, 0.5) is 0 Å². The smallest absolute Gasteiger partial charge is 0.246 e. The number of hydrogen-bond acceptors (Lipinski definition) is 2. The maximum atomic E-state index is 11.1. The normalized spacial score (nSPS) is 13.8. The fourth-order valence-corrected chi connectivity index (χ4v) is 0.672. The van der Waals surface area contributed by atoms with Crippen LogP contribution in [0.1, 0.15) is 27.7 Å².